The summed E-state index contributed by atoms with van der Waals surface area (Å²) in [6.45, 7) is 1.93. The van der Waals surface area contributed by atoms with E-state index in [2.05, 4.69) is 29.6 Å². The van der Waals surface area contributed by atoms with Gasteiger partial charge in [-0.15, -0.1) is 0 Å². The van der Waals surface area contributed by atoms with Crippen molar-refractivity contribution >= 4 is 0 Å². The maximum atomic E-state index is 5.05. The number of rotatable bonds is 5. The minimum atomic E-state index is 0.659. The minimum Gasteiger partial charge on any atom is -0.385 e. The Labute approximate surface area is 98.0 Å². The smallest absolute Gasteiger partial charge is 0.0474 e. The Morgan fingerprint density at radius 1 is 1.31 bits per heavy atom. The van der Waals surface area contributed by atoms with Gasteiger partial charge in [0.25, 0.3) is 0 Å². The third-order valence-corrected chi connectivity index (χ3v) is 3.31. The zero-order valence-corrected chi connectivity index (χ0v) is 10.0. The second-order valence-corrected chi connectivity index (χ2v) is 4.51. The van der Waals surface area contributed by atoms with Crippen LogP contribution in [0.25, 0.3) is 0 Å². The average Bonchev–Trinajstić information content (AvgIpc) is 2.34. The highest BCUT2D eigenvalue weighted by atomic mass is 16.5. The van der Waals surface area contributed by atoms with E-state index >= 15 is 0 Å². The zero-order chi connectivity index (χ0) is 11.2. The standard InChI is InChI=1S/C14H21NO/c1-16-10-4-9-15-14-8-7-12-5-2-3-6-13(12)11-14/h2-3,5-6,14-15H,4,7-11H2,1H3/t14-/m0/s1. The predicted octanol–water partition coefficient (Wildman–Crippen LogP) is 2.17. The van der Waals surface area contributed by atoms with E-state index in [1.807, 2.05) is 0 Å². The monoisotopic (exact) mass is 219 g/mol. The van der Waals surface area contributed by atoms with Crippen LogP contribution in [0.2, 0.25) is 0 Å². The third-order valence-electron chi connectivity index (χ3n) is 3.31. The molecule has 2 nitrogen and oxygen atoms in total. The van der Waals surface area contributed by atoms with Gasteiger partial charge in [-0.2, -0.15) is 0 Å². The van der Waals surface area contributed by atoms with Crippen molar-refractivity contribution in [2.45, 2.75) is 31.7 Å². The van der Waals surface area contributed by atoms with Crippen molar-refractivity contribution in [1.82, 2.24) is 5.32 Å². The normalized spacial score (nSPS) is 19.4. The lowest BCUT2D eigenvalue weighted by molar-refractivity contribution is 0.192. The summed E-state index contributed by atoms with van der Waals surface area (Å²) in [6.07, 6.45) is 4.78. The molecule has 1 aliphatic carbocycles. The van der Waals surface area contributed by atoms with E-state index in [9.17, 15) is 0 Å². The lowest BCUT2D eigenvalue weighted by Crippen LogP contribution is -2.35. The Morgan fingerprint density at radius 2 is 2.12 bits per heavy atom. The molecule has 1 aromatic carbocycles. The fourth-order valence-electron chi connectivity index (χ4n) is 2.39. The Bertz CT molecular complexity index is 324. The molecular formula is C14H21NO. The first-order valence-electron chi connectivity index (χ1n) is 6.19. The summed E-state index contributed by atoms with van der Waals surface area (Å²) in [5, 5.41) is 3.62. The van der Waals surface area contributed by atoms with Crippen molar-refractivity contribution in [1.29, 1.82) is 0 Å². The van der Waals surface area contributed by atoms with E-state index < -0.39 is 0 Å². The highest BCUT2D eigenvalue weighted by Crippen LogP contribution is 2.20. The van der Waals surface area contributed by atoms with Gasteiger partial charge < -0.3 is 10.1 Å². The van der Waals surface area contributed by atoms with E-state index in [1.54, 1.807) is 7.11 Å². The molecule has 0 saturated carbocycles. The van der Waals surface area contributed by atoms with Crippen LogP contribution in [-0.4, -0.2) is 26.3 Å². The minimum absolute atomic E-state index is 0.659. The van der Waals surface area contributed by atoms with E-state index in [1.165, 1.54) is 30.4 Å². The molecule has 2 heteroatoms. The van der Waals surface area contributed by atoms with Crippen molar-refractivity contribution in [3.63, 3.8) is 0 Å². The van der Waals surface area contributed by atoms with Crippen LogP contribution < -0.4 is 5.32 Å². The summed E-state index contributed by atoms with van der Waals surface area (Å²) < 4.78 is 5.05. The molecule has 0 fully saturated rings. The zero-order valence-electron chi connectivity index (χ0n) is 10.0. The first kappa shape index (κ1) is 11.6. The molecule has 1 N–H and O–H groups in total. The number of hydrogen-bond acceptors (Lipinski definition) is 2. The maximum Gasteiger partial charge on any atom is 0.0474 e. The van der Waals surface area contributed by atoms with Crippen molar-refractivity contribution in [3.8, 4) is 0 Å². The average molecular weight is 219 g/mol. The second kappa shape index (κ2) is 6.02. The summed E-state index contributed by atoms with van der Waals surface area (Å²) >= 11 is 0. The number of benzene rings is 1. The Kier molecular flexibility index (Phi) is 4.37. The van der Waals surface area contributed by atoms with Crippen LogP contribution in [0.15, 0.2) is 24.3 Å². The van der Waals surface area contributed by atoms with Crippen LogP contribution in [0.4, 0.5) is 0 Å². The highest BCUT2D eigenvalue weighted by molar-refractivity contribution is 5.30. The van der Waals surface area contributed by atoms with Gasteiger partial charge in [-0.1, -0.05) is 24.3 Å². The second-order valence-electron chi connectivity index (χ2n) is 4.51. The largest absolute Gasteiger partial charge is 0.385 e. The predicted molar refractivity (Wildman–Crippen MR) is 66.8 cm³/mol. The maximum absolute atomic E-state index is 5.05. The van der Waals surface area contributed by atoms with Crippen LogP contribution in [0.1, 0.15) is 24.0 Å². The quantitative estimate of drug-likeness (QED) is 0.766. The molecule has 1 atom stereocenters. The number of hydrogen-bond donors (Lipinski definition) is 1. The van der Waals surface area contributed by atoms with Gasteiger partial charge in [-0.05, 0) is 43.4 Å². The lowest BCUT2D eigenvalue weighted by atomic mass is 9.88. The molecule has 0 radical (unpaired) electrons. The Morgan fingerprint density at radius 3 is 2.94 bits per heavy atom. The summed E-state index contributed by atoms with van der Waals surface area (Å²) in [7, 11) is 1.76. The molecule has 0 aliphatic heterocycles. The van der Waals surface area contributed by atoms with Crippen LogP contribution >= 0.6 is 0 Å². The van der Waals surface area contributed by atoms with Gasteiger partial charge in [0.15, 0.2) is 0 Å². The summed E-state index contributed by atoms with van der Waals surface area (Å²) in [5.41, 5.74) is 3.07. The van der Waals surface area contributed by atoms with Crippen molar-refractivity contribution < 1.29 is 4.74 Å². The first-order valence-corrected chi connectivity index (χ1v) is 6.19. The Hall–Kier alpha value is -0.860. The van der Waals surface area contributed by atoms with Crippen molar-refractivity contribution in [2.75, 3.05) is 20.3 Å². The molecule has 0 amide bonds. The molecule has 88 valence electrons. The number of ether oxygens (including phenoxy) is 1. The molecule has 1 aliphatic rings. The van der Waals surface area contributed by atoms with Crippen LogP contribution in [-0.2, 0) is 17.6 Å². The molecule has 0 spiro atoms. The summed E-state index contributed by atoms with van der Waals surface area (Å²) in [6, 6.07) is 9.47. The summed E-state index contributed by atoms with van der Waals surface area (Å²) in [5.74, 6) is 0. The molecule has 0 saturated heterocycles. The highest BCUT2D eigenvalue weighted by Gasteiger charge is 2.16. The van der Waals surface area contributed by atoms with E-state index in [0.717, 1.165) is 19.6 Å². The van der Waals surface area contributed by atoms with Gasteiger partial charge in [0.2, 0.25) is 0 Å². The molecule has 2 rings (SSSR count). The molecule has 1 aromatic rings. The lowest BCUT2D eigenvalue weighted by Gasteiger charge is -2.25. The molecule has 0 unspecified atom stereocenters. The number of nitrogens with one attached hydrogen (secondary N) is 1. The van der Waals surface area contributed by atoms with Crippen molar-refractivity contribution in [3.05, 3.63) is 35.4 Å². The van der Waals surface area contributed by atoms with Crippen LogP contribution in [0.3, 0.4) is 0 Å². The van der Waals surface area contributed by atoms with Crippen LogP contribution in [0, 0.1) is 0 Å². The fourth-order valence-corrected chi connectivity index (χ4v) is 2.39. The van der Waals surface area contributed by atoms with E-state index in [0.29, 0.717) is 6.04 Å². The SMILES string of the molecule is COCCCN[C@H]1CCc2ccccc2C1. The van der Waals surface area contributed by atoms with E-state index in [4.69, 9.17) is 4.74 Å². The molecular weight excluding hydrogens is 198 g/mol. The number of methoxy groups -OCH3 is 1. The Balaban J connectivity index is 1.79. The van der Waals surface area contributed by atoms with Gasteiger partial charge >= 0.3 is 0 Å². The first-order chi connectivity index (χ1) is 7.90. The third kappa shape index (κ3) is 3.06. The molecule has 0 heterocycles. The van der Waals surface area contributed by atoms with Gasteiger partial charge in [0, 0.05) is 19.8 Å². The number of aryl methyl sites for hydroxylation is 1. The van der Waals surface area contributed by atoms with Crippen molar-refractivity contribution in [2.24, 2.45) is 0 Å². The van der Waals surface area contributed by atoms with Gasteiger partial charge in [-0.25, -0.2) is 0 Å². The van der Waals surface area contributed by atoms with Gasteiger partial charge in [0.05, 0.1) is 0 Å². The number of fused-ring (bicyclic) bond motifs is 1. The molecule has 0 aromatic heterocycles. The van der Waals surface area contributed by atoms with Gasteiger partial charge in [-0.3, -0.25) is 0 Å². The van der Waals surface area contributed by atoms with Gasteiger partial charge in [0.1, 0.15) is 0 Å². The topological polar surface area (TPSA) is 21.3 Å². The van der Waals surface area contributed by atoms with E-state index in [-0.39, 0.29) is 0 Å². The molecule has 0 bridgehead atoms. The summed E-state index contributed by atoms with van der Waals surface area (Å²) in [4.78, 5) is 0. The molecule has 16 heavy (non-hydrogen) atoms. The fraction of sp³-hybridized carbons (Fsp3) is 0.571. The van der Waals surface area contributed by atoms with Crippen LogP contribution in [0.5, 0.6) is 0 Å².